The predicted molar refractivity (Wildman–Crippen MR) is 119 cm³/mol. The van der Waals surface area contributed by atoms with E-state index in [9.17, 15) is 4.79 Å². The normalized spacial score (nSPS) is 17.7. The van der Waals surface area contributed by atoms with Crippen LogP contribution in [0.2, 0.25) is 0 Å². The molecule has 0 saturated carbocycles. The number of halogens is 1. The Morgan fingerprint density at radius 2 is 2.10 bits per heavy atom. The van der Waals surface area contributed by atoms with Gasteiger partial charge in [-0.15, -0.1) is 5.10 Å². The zero-order chi connectivity index (χ0) is 20.4. The summed E-state index contributed by atoms with van der Waals surface area (Å²) in [5.41, 5.74) is 1.37. The number of hydrogen-bond donors (Lipinski definition) is 1. The first-order valence-corrected chi connectivity index (χ1v) is 11.5. The molecule has 1 N–H and O–H groups in total. The number of unbranched alkanes of at least 4 members (excludes halogenated alkanes) is 1. The van der Waals surface area contributed by atoms with Crippen LogP contribution in [0.4, 0.5) is 0 Å². The molecule has 0 spiro atoms. The molecule has 4 rings (SSSR count). The summed E-state index contributed by atoms with van der Waals surface area (Å²) in [7, 11) is 0. The van der Waals surface area contributed by atoms with Crippen molar-refractivity contribution < 1.29 is 9.53 Å². The summed E-state index contributed by atoms with van der Waals surface area (Å²) in [6.45, 7) is 2.77. The molecular weight excluding hydrogens is 452 g/mol. The number of nitrogens with one attached hydrogen (secondary N) is 1. The highest BCUT2D eigenvalue weighted by Gasteiger charge is 2.35. The average Bonchev–Trinajstić information content (AvgIpc) is 2.73. The molecule has 150 valence electrons. The largest absolute Gasteiger partial charge is 0.493 e. The molecule has 0 bridgehead atoms. The molecule has 1 amide bonds. The summed E-state index contributed by atoms with van der Waals surface area (Å²) in [5, 5.41) is 11.3. The average molecular weight is 473 g/mol. The van der Waals surface area contributed by atoms with Gasteiger partial charge in [-0.1, -0.05) is 59.2 Å². The topological polar surface area (TPSA) is 66.3 Å². The van der Waals surface area contributed by atoms with Crippen LogP contribution in [0.15, 0.2) is 57.0 Å². The molecule has 2 aliphatic heterocycles. The number of thioether (sulfide) groups is 1. The number of fused-ring (bicyclic) bond motifs is 2. The monoisotopic (exact) mass is 472 g/mol. The Kier molecular flexibility index (Phi) is 5.91. The zero-order valence-corrected chi connectivity index (χ0v) is 18.6. The van der Waals surface area contributed by atoms with Crippen LogP contribution in [0.1, 0.15) is 31.5 Å². The van der Waals surface area contributed by atoms with Crippen molar-refractivity contribution in [1.82, 2.24) is 10.3 Å². The molecule has 0 radical (unpaired) electrons. The van der Waals surface area contributed by atoms with Gasteiger partial charge >= 0.3 is 0 Å². The van der Waals surface area contributed by atoms with E-state index in [0.717, 1.165) is 39.2 Å². The quantitative estimate of drug-likeness (QED) is 0.678. The standard InChI is InChI=1S/C21H21BrN4O2S/c1-3-4-11-28-17-8-6-5-7-14(17)19-23-16-10-9-13(22)12-15(16)18-20(27)24-21(29-2)25-26(18)19/h5-10,12,19H,3-4,11H2,1-2H3,(H,24,25,27)/t19-/m0/s1. The lowest BCUT2D eigenvalue weighted by Crippen LogP contribution is -2.50. The van der Waals surface area contributed by atoms with Gasteiger partial charge in [0, 0.05) is 15.3 Å². The van der Waals surface area contributed by atoms with Crippen LogP contribution < -0.4 is 20.6 Å². The van der Waals surface area contributed by atoms with Crippen molar-refractivity contribution in [2.45, 2.75) is 25.9 Å². The maximum absolute atomic E-state index is 13.0. The van der Waals surface area contributed by atoms with E-state index in [1.165, 1.54) is 11.8 Å². The van der Waals surface area contributed by atoms with E-state index < -0.39 is 6.17 Å². The Labute approximate surface area is 181 Å². The van der Waals surface area contributed by atoms with Crippen molar-refractivity contribution >= 4 is 44.5 Å². The van der Waals surface area contributed by atoms with Crippen molar-refractivity contribution in [3.63, 3.8) is 0 Å². The lowest BCUT2D eigenvalue weighted by Gasteiger charge is -2.34. The highest BCUT2D eigenvalue weighted by Crippen LogP contribution is 2.35. The van der Waals surface area contributed by atoms with Crippen molar-refractivity contribution in [1.29, 1.82) is 0 Å². The minimum Gasteiger partial charge on any atom is -0.493 e. The van der Waals surface area contributed by atoms with Crippen LogP contribution >= 0.6 is 27.7 Å². The van der Waals surface area contributed by atoms with E-state index in [4.69, 9.17) is 9.73 Å². The maximum Gasteiger partial charge on any atom is 0.276 e. The molecule has 2 aromatic rings. The van der Waals surface area contributed by atoms with Crippen LogP contribution in [0.3, 0.4) is 0 Å². The van der Waals surface area contributed by atoms with Crippen molar-refractivity contribution in [3.05, 3.63) is 63.1 Å². The third kappa shape index (κ3) is 3.91. The van der Waals surface area contributed by atoms with Gasteiger partial charge in [-0.3, -0.25) is 15.1 Å². The minimum atomic E-state index is -0.482. The second-order valence-electron chi connectivity index (χ2n) is 6.66. The molecule has 8 heteroatoms. The van der Waals surface area contributed by atoms with Gasteiger partial charge < -0.3 is 4.74 Å². The second kappa shape index (κ2) is 8.59. The number of carbonyl (C=O) groups is 1. The fourth-order valence-corrected chi connectivity index (χ4v) is 4.02. The molecule has 29 heavy (non-hydrogen) atoms. The van der Waals surface area contributed by atoms with Gasteiger partial charge in [-0.25, -0.2) is 5.01 Å². The molecule has 0 aromatic heterocycles. The van der Waals surface area contributed by atoms with Crippen LogP contribution in [-0.4, -0.2) is 28.9 Å². The Balaban J connectivity index is 1.89. The van der Waals surface area contributed by atoms with Crippen molar-refractivity contribution in [2.75, 3.05) is 12.9 Å². The zero-order valence-electron chi connectivity index (χ0n) is 16.2. The fourth-order valence-electron chi connectivity index (χ4n) is 3.30. The Hall–Kier alpha value is -2.32. The lowest BCUT2D eigenvalue weighted by atomic mass is 10.1. The van der Waals surface area contributed by atoms with Crippen molar-refractivity contribution in [3.8, 4) is 5.75 Å². The van der Waals surface area contributed by atoms with E-state index in [2.05, 4.69) is 33.3 Å². The number of carbonyl (C=O) groups excluding carboxylic acids is 1. The molecule has 0 unspecified atom stereocenters. The van der Waals surface area contributed by atoms with E-state index in [-0.39, 0.29) is 5.91 Å². The molecule has 0 aliphatic carbocycles. The maximum atomic E-state index is 13.0. The van der Waals surface area contributed by atoms with Crippen LogP contribution in [0, 0.1) is 0 Å². The van der Waals surface area contributed by atoms with Gasteiger partial charge in [0.25, 0.3) is 5.91 Å². The number of nitrogens with zero attached hydrogens (tertiary/aromatic N) is 3. The van der Waals surface area contributed by atoms with Gasteiger partial charge in [0.05, 0.1) is 12.0 Å². The number of hydrogen-bond acceptors (Lipinski definition) is 6. The third-order valence-corrected chi connectivity index (χ3v) is 5.78. The minimum absolute atomic E-state index is 0.187. The van der Waals surface area contributed by atoms with Gasteiger partial charge in [0.2, 0.25) is 0 Å². The number of amides is 1. The Bertz CT molecular complexity index is 1100. The fraction of sp³-hybridized carbons (Fsp3) is 0.286. The number of para-hydroxylation sites is 1. The first-order valence-electron chi connectivity index (χ1n) is 9.45. The second-order valence-corrected chi connectivity index (χ2v) is 8.37. The first kappa shape index (κ1) is 20.0. The number of hydrazone groups is 1. The summed E-state index contributed by atoms with van der Waals surface area (Å²) in [6, 6.07) is 13.6. The van der Waals surface area contributed by atoms with Gasteiger partial charge in [0.1, 0.15) is 11.4 Å². The van der Waals surface area contributed by atoms with Gasteiger partial charge in [-0.2, -0.15) is 0 Å². The van der Waals surface area contributed by atoms with Crippen molar-refractivity contribution in [2.24, 2.45) is 10.1 Å². The number of rotatable bonds is 5. The Morgan fingerprint density at radius 1 is 1.28 bits per heavy atom. The van der Waals surface area contributed by atoms with E-state index in [1.54, 1.807) is 5.01 Å². The molecule has 2 heterocycles. The molecule has 2 aliphatic rings. The summed E-state index contributed by atoms with van der Waals surface area (Å²) in [5.74, 6) is 0.578. The lowest BCUT2D eigenvalue weighted by molar-refractivity contribution is -0.116. The molecule has 6 nitrogen and oxygen atoms in total. The van der Waals surface area contributed by atoms with Crippen LogP contribution in [-0.2, 0) is 4.79 Å². The molecule has 2 aromatic carbocycles. The molecule has 0 fully saturated rings. The molecule has 1 atom stereocenters. The number of ether oxygens (including phenoxy) is 1. The SMILES string of the molecule is CCCCOc1ccccc1[C@H]1N=c2ccc(Br)cc2=C2C(=O)NC(SC)=NN21. The molecular formula is C21H21BrN4O2S. The van der Waals surface area contributed by atoms with Gasteiger partial charge in [0.15, 0.2) is 11.3 Å². The summed E-state index contributed by atoms with van der Waals surface area (Å²) < 4.78 is 6.92. The summed E-state index contributed by atoms with van der Waals surface area (Å²) in [6.07, 6.45) is 3.44. The van der Waals surface area contributed by atoms with Crippen LogP contribution in [0.5, 0.6) is 5.75 Å². The first-order chi connectivity index (χ1) is 14.1. The smallest absolute Gasteiger partial charge is 0.276 e. The highest BCUT2D eigenvalue weighted by molar-refractivity contribution is 9.10. The van der Waals surface area contributed by atoms with Crippen LogP contribution in [0.25, 0.3) is 5.70 Å². The summed E-state index contributed by atoms with van der Waals surface area (Å²) >= 11 is 4.88. The molecule has 0 saturated heterocycles. The highest BCUT2D eigenvalue weighted by atomic mass is 79.9. The number of benzene rings is 2. The summed E-state index contributed by atoms with van der Waals surface area (Å²) in [4.78, 5) is 17.9. The van der Waals surface area contributed by atoms with E-state index >= 15 is 0 Å². The van der Waals surface area contributed by atoms with E-state index in [1.807, 2.05) is 48.7 Å². The van der Waals surface area contributed by atoms with E-state index in [0.29, 0.717) is 17.5 Å². The number of amidine groups is 1. The third-order valence-electron chi connectivity index (χ3n) is 4.72. The Morgan fingerprint density at radius 3 is 2.90 bits per heavy atom. The van der Waals surface area contributed by atoms with Gasteiger partial charge in [-0.05, 0) is 36.9 Å². The predicted octanol–water partition coefficient (Wildman–Crippen LogP) is 3.13.